The topological polar surface area (TPSA) is 9.23 Å². The first-order valence-electron chi connectivity index (χ1n) is 4.40. The van der Waals surface area contributed by atoms with Crippen molar-refractivity contribution in [2.75, 3.05) is 12.5 Å². The van der Waals surface area contributed by atoms with E-state index in [1.807, 2.05) is 0 Å². The zero-order valence-electron chi connectivity index (χ0n) is 7.85. The van der Waals surface area contributed by atoms with Gasteiger partial charge in [-0.05, 0) is 24.6 Å². The fourth-order valence-corrected chi connectivity index (χ4v) is 1.12. The molecule has 5 heteroatoms. The maximum absolute atomic E-state index is 12.3. The number of hydrogen-bond donors (Lipinski definition) is 0. The van der Waals surface area contributed by atoms with Crippen LogP contribution in [0, 0.1) is 0 Å². The lowest BCUT2D eigenvalue weighted by atomic mass is 10.2. The minimum Gasteiger partial charge on any atom is -0.494 e. The molecule has 0 aliphatic rings. The molecule has 1 nitrogen and oxygen atoms in total. The molecular formula is C10H10ClF3O. The standard InChI is InChI=1S/C10H10ClF3O/c11-5-2-6-15-9-4-1-3-8(7-9)10(12,13)14/h1,3-4,7H,2,5-6H2. The highest BCUT2D eigenvalue weighted by atomic mass is 35.5. The summed E-state index contributed by atoms with van der Waals surface area (Å²) in [6, 6.07) is 4.80. The summed E-state index contributed by atoms with van der Waals surface area (Å²) >= 11 is 5.41. The van der Waals surface area contributed by atoms with Gasteiger partial charge in [0.05, 0.1) is 12.2 Å². The SMILES string of the molecule is FC(F)(F)c1cccc(OCCCCl)c1. The lowest BCUT2D eigenvalue weighted by Gasteiger charge is -2.09. The lowest BCUT2D eigenvalue weighted by molar-refractivity contribution is -0.137. The molecule has 0 amide bonds. The first kappa shape index (κ1) is 12.2. The molecule has 15 heavy (non-hydrogen) atoms. The smallest absolute Gasteiger partial charge is 0.416 e. The number of hydrogen-bond acceptors (Lipinski definition) is 1. The van der Waals surface area contributed by atoms with Crippen LogP contribution in [-0.4, -0.2) is 12.5 Å². The highest BCUT2D eigenvalue weighted by Gasteiger charge is 2.30. The highest BCUT2D eigenvalue weighted by molar-refractivity contribution is 6.17. The highest BCUT2D eigenvalue weighted by Crippen LogP contribution is 2.31. The largest absolute Gasteiger partial charge is 0.494 e. The fraction of sp³-hybridized carbons (Fsp3) is 0.400. The van der Waals surface area contributed by atoms with Crippen molar-refractivity contribution in [3.8, 4) is 5.75 Å². The van der Waals surface area contributed by atoms with Crippen LogP contribution in [0.25, 0.3) is 0 Å². The summed E-state index contributed by atoms with van der Waals surface area (Å²) in [6.45, 7) is 0.324. The van der Waals surface area contributed by atoms with Crippen molar-refractivity contribution in [3.63, 3.8) is 0 Å². The van der Waals surface area contributed by atoms with E-state index in [1.165, 1.54) is 12.1 Å². The molecule has 0 aliphatic carbocycles. The first-order valence-corrected chi connectivity index (χ1v) is 4.93. The van der Waals surface area contributed by atoms with Crippen LogP contribution in [0.4, 0.5) is 13.2 Å². The Labute approximate surface area is 90.8 Å². The van der Waals surface area contributed by atoms with E-state index >= 15 is 0 Å². The van der Waals surface area contributed by atoms with E-state index in [-0.39, 0.29) is 5.75 Å². The summed E-state index contributed by atoms with van der Waals surface area (Å²) in [5.41, 5.74) is -0.703. The quantitative estimate of drug-likeness (QED) is 0.574. The van der Waals surface area contributed by atoms with Crippen molar-refractivity contribution >= 4 is 11.6 Å². The van der Waals surface area contributed by atoms with Crippen LogP contribution >= 0.6 is 11.6 Å². The molecule has 0 N–H and O–H groups in total. The van der Waals surface area contributed by atoms with Crippen LogP contribution in [0.3, 0.4) is 0 Å². The van der Waals surface area contributed by atoms with Gasteiger partial charge in [0.25, 0.3) is 0 Å². The molecule has 0 radical (unpaired) electrons. The predicted molar refractivity (Wildman–Crippen MR) is 52.3 cm³/mol. The zero-order chi connectivity index (χ0) is 11.3. The van der Waals surface area contributed by atoms with Gasteiger partial charge < -0.3 is 4.74 Å². The molecule has 0 aliphatic heterocycles. The van der Waals surface area contributed by atoms with Gasteiger partial charge in [-0.3, -0.25) is 0 Å². The Morgan fingerprint density at radius 2 is 2.00 bits per heavy atom. The summed E-state index contributed by atoms with van der Waals surface area (Å²) in [4.78, 5) is 0. The van der Waals surface area contributed by atoms with E-state index in [0.717, 1.165) is 12.1 Å². The van der Waals surface area contributed by atoms with E-state index in [4.69, 9.17) is 16.3 Å². The third-order valence-electron chi connectivity index (χ3n) is 1.71. The Balaban J connectivity index is 2.66. The van der Waals surface area contributed by atoms with E-state index in [9.17, 15) is 13.2 Å². The van der Waals surface area contributed by atoms with E-state index in [2.05, 4.69) is 0 Å². The Kier molecular flexibility index (Phi) is 4.27. The molecular weight excluding hydrogens is 229 g/mol. The van der Waals surface area contributed by atoms with Gasteiger partial charge in [0.1, 0.15) is 5.75 Å². The summed E-state index contributed by atoms with van der Waals surface area (Å²) in [7, 11) is 0. The summed E-state index contributed by atoms with van der Waals surface area (Å²) in [5.74, 6) is 0.647. The molecule has 84 valence electrons. The number of alkyl halides is 4. The minimum atomic E-state index is -4.33. The van der Waals surface area contributed by atoms with Gasteiger partial charge >= 0.3 is 6.18 Å². The average molecular weight is 239 g/mol. The maximum atomic E-state index is 12.3. The third-order valence-corrected chi connectivity index (χ3v) is 1.98. The van der Waals surface area contributed by atoms with Crippen LogP contribution in [0.5, 0.6) is 5.75 Å². The van der Waals surface area contributed by atoms with Crippen molar-refractivity contribution in [3.05, 3.63) is 29.8 Å². The average Bonchev–Trinajstić information content (AvgIpc) is 2.17. The van der Waals surface area contributed by atoms with Crippen LogP contribution in [-0.2, 0) is 6.18 Å². The van der Waals surface area contributed by atoms with Gasteiger partial charge in [0.15, 0.2) is 0 Å². The van der Waals surface area contributed by atoms with Gasteiger partial charge in [-0.1, -0.05) is 6.07 Å². The Bertz CT molecular complexity index is 312. The zero-order valence-corrected chi connectivity index (χ0v) is 8.61. The molecule has 1 rings (SSSR count). The maximum Gasteiger partial charge on any atom is 0.416 e. The molecule has 0 heterocycles. The fourth-order valence-electron chi connectivity index (χ4n) is 1.01. The Hall–Kier alpha value is -0.900. The molecule has 0 atom stereocenters. The molecule has 0 saturated carbocycles. The molecule has 1 aromatic rings. The van der Waals surface area contributed by atoms with Gasteiger partial charge in [-0.25, -0.2) is 0 Å². The monoisotopic (exact) mass is 238 g/mol. The van der Waals surface area contributed by atoms with Gasteiger partial charge in [-0.15, -0.1) is 11.6 Å². The van der Waals surface area contributed by atoms with Gasteiger partial charge in [0, 0.05) is 5.88 Å². The van der Waals surface area contributed by atoms with Crippen molar-refractivity contribution < 1.29 is 17.9 Å². The predicted octanol–water partition coefficient (Wildman–Crippen LogP) is 3.71. The second-order valence-electron chi connectivity index (χ2n) is 2.92. The molecule has 0 spiro atoms. The van der Waals surface area contributed by atoms with Gasteiger partial charge in [-0.2, -0.15) is 13.2 Å². The number of halogens is 4. The van der Waals surface area contributed by atoms with Gasteiger partial charge in [0.2, 0.25) is 0 Å². The summed E-state index contributed by atoms with van der Waals surface area (Å²) < 4.78 is 41.9. The van der Waals surface area contributed by atoms with E-state index in [0.29, 0.717) is 18.9 Å². The van der Waals surface area contributed by atoms with Crippen molar-refractivity contribution in [2.24, 2.45) is 0 Å². The second kappa shape index (κ2) is 5.26. The second-order valence-corrected chi connectivity index (χ2v) is 3.29. The third kappa shape index (κ3) is 4.00. The van der Waals surface area contributed by atoms with Crippen LogP contribution in [0.2, 0.25) is 0 Å². The molecule has 0 unspecified atom stereocenters. The van der Waals surface area contributed by atoms with Crippen LogP contribution < -0.4 is 4.74 Å². The minimum absolute atomic E-state index is 0.218. The van der Waals surface area contributed by atoms with Crippen molar-refractivity contribution in [2.45, 2.75) is 12.6 Å². The lowest BCUT2D eigenvalue weighted by Crippen LogP contribution is -2.05. The first-order chi connectivity index (χ1) is 7.04. The molecule has 0 aromatic heterocycles. The van der Waals surface area contributed by atoms with Crippen LogP contribution in [0.15, 0.2) is 24.3 Å². The van der Waals surface area contributed by atoms with E-state index < -0.39 is 11.7 Å². The molecule has 1 aromatic carbocycles. The number of rotatable bonds is 4. The normalized spacial score (nSPS) is 11.5. The number of benzene rings is 1. The van der Waals surface area contributed by atoms with Crippen molar-refractivity contribution in [1.82, 2.24) is 0 Å². The number of ether oxygens (including phenoxy) is 1. The van der Waals surface area contributed by atoms with Crippen molar-refractivity contribution in [1.29, 1.82) is 0 Å². The molecule has 0 saturated heterocycles. The Morgan fingerprint density at radius 1 is 1.27 bits per heavy atom. The molecule has 0 bridgehead atoms. The van der Waals surface area contributed by atoms with Crippen LogP contribution in [0.1, 0.15) is 12.0 Å². The summed E-state index contributed by atoms with van der Waals surface area (Å²) in [5, 5.41) is 0. The Morgan fingerprint density at radius 3 is 2.60 bits per heavy atom. The van der Waals surface area contributed by atoms with E-state index in [1.54, 1.807) is 0 Å². The summed E-state index contributed by atoms with van der Waals surface area (Å²) in [6.07, 6.45) is -3.72. The molecule has 0 fully saturated rings.